The van der Waals surface area contributed by atoms with Gasteiger partial charge in [-0.05, 0) is 37.8 Å². The van der Waals surface area contributed by atoms with Gasteiger partial charge in [-0.25, -0.2) is 0 Å². The summed E-state index contributed by atoms with van der Waals surface area (Å²) < 4.78 is 0. The Morgan fingerprint density at radius 3 is 2.35 bits per heavy atom. The summed E-state index contributed by atoms with van der Waals surface area (Å²) in [5.41, 5.74) is 0.635. The molecule has 0 bridgehead atoms. The van der Waals surface area contributed by atoms with E-state index in [1.54, 1.807) is 6.07 Å². The van der Waals surface area contributed by atoms with E-state index in [1.165, 1.54) is 12.1 Å². The van der Waals surface area contributed by atoms with Gasteiger partial charge in [-0.15, -0.1) is 0 Å². The standard InChI is InChI=1S/C15H21N3O2/c1-14(2,3)10-15(4,5)17-12-6-7-13(18(19)20)11(8-12)9-16/h6-8,17H,10H2,1-5H3. The highest BCUT2D eigenvalue weighted by Gasteiger charge is 2.25. The number of nitrogens with zero attached hydrogens (tertiary/aromatic N) is 2. The average Bonchev–Trinajstić information content (AvgIpc) is 2.24. The number of anilines is 1. The molecule has 0 aliphatic carbocycles. The lowest BCUT2D eigenvalue weighted by Gasteiger charge is -2.34. The molecule has 1 rings (SSSR count). The Morgan fingerprint density at radius 2 is 1.90 bits per heavy atom. The van der Waals surface area contributed by atoms with Gasteiger partial charge in [0.05, 0.1) is 4.92 Å². The predicted molar refractivity (Wildman–Crippen MR) is 79.6 cm³/mol. The maximum Gasteiger partial charge on any atom is 0.287 e. The summed E-state index contributed by atoms with van der Waals surface area (Å²) in [6.07, 6.45) is 0.929. The second kappa shape index (κ2) is 5.49. The molecule has 0 saturated heterocycles. The molecule has 0 saturated carbocycles. The van der Waals surface area contributed by atoms with Crippen LogP contribution in [0.15, 0.2) is 18.2 Å². The van der Waals surface area contributed by atoms with E-state index in [4.69, 9.17) is 5.26 Å². The quantitative estimate of drug-likeness (QED) is 0.663. The smallest absolute Gasteiger partial charge is 0.287 e. The molecule has 0 aliphatic heterocycles. The average molecular weight is 275 g/mol. The van der Waals surface area contributed by atoms with Crippen LogP contribution in [0.4, 0.5) is 11.4 Å². The number of nitro benzene ring substituents is 1. The number of hydrogen-bond acceptors (Lipinski definition) is 4. The van der Waals surface area contributed by atoms with Gasteiger partial charge >= 0.3 is 0 Å². The van der Waals surface area contributed by atoms with Crippen LogP contribution in [0.1, 0.15) is 46.6 Å². The van der Waals surface area contributed by atoms with E-state index in [0.29, 0.717) is 0 Å². The van der Waals surface area contributed by atoms with Crippen molar-refractivity contribution in [1.82, 2.24) is 0 Å². The summed E-state index contributed by atoms with van der Waals surface area (Å²) in [6.45, 7) is 10.6. The second-order valence-corrected chi connectivity index (χ2v) is 6.85. The van der Waals surface area contributed by atoms with Crippen molar-refractivity contribution in [1.29, 1.82) is 5.26 Å². The summed E-state index contributed by atoms with van der Waals surface area (Å²) in [5.74, 6) is 0. The van der Waals surface area contributed by atoms with E-state index >= 15 is 0 Å². The van der Waals surface area contributed by atoms with Gasteiger partial charge in [-0.3, -0.25) is 10.1 Å². The van der Waals surface area contributed by atoms with Crippen molar-refractivity contribution in [2.24, 2.45) is 5.41 Å². The van der Waals surface area contributed by atoms with Crippen LogP contribution in [0.3, 0.4) is 0 Å². The fraction of sp³-hybridized carbons (Fsp3) is 0.533. The normalized spacial score (nSPS) is 11.8. The highest BCUT2D eigenvalue weighted by Crippen LogP contribution is 2.31. The molecule has 0 heterocycles. The molecule has 0 amide bonds. The number of hydrogen-bond donors (Lipinski definition) is 1. The minimum Gasteiger partial charge on any atom is -0.380 e. The molecule has 5 heteroatoms. The number of nitrogens with one attached hydrogen (secondary N) is 1. The summed E-state index contributed by atoms with van der Waals surface area (Å²) in [5, 5.41) is 23.1. The molecule has 20 heavy (non-hydrogen) atoms. The van der Waals surface area contributed by atoms with E-state index in [2.05, 4.69) is 39.9 Å². The van der Waals surface area contributed by atoms with Crippen LogP contribution < -0.4 is 5.32 Å². The van der Waals surface area contributed by atoms with E-state index in [1.807, 2.05) is 6.07 Å². The first kappa shape index (κ1) is 16.0. The Balaban J connectivity index is 3.00. The summed E-state index contributed by atoms with van der Waals surface area (Å²) in [6, 6.07) is 6.41. The van der Waals surface area contributed by atoms with Crippen LogP contribution in [0.2, 0.25) is 0 Å². The first-order chi connectivity index (χ1) is 9.04. The lowest BCUT2D eigenvalue weighted by molar-refractivity contribution is -0.385. The third-order valence-corrected chi connectivity index (χ3v) is 2.77. The Labute approximate surface area is 119 Å². The zero-order valence-corrected chi connectivity index (χ0v) is 12.7. The predicted octanol–water partition coefficient (Wildman–Crippen LogP) is 4.09. The van der Waals surface area contributed by atoms with Gasteiger partial charge in [0.25, 0.3) is 5.69 Å². The molecule has 1 aromatic rings. The van der Waals surface area contributed by atoms with Crippen molar-refractivity contribution < 1.29 is 4.92 Å². The molecule has 0 atom stereocenters. The fourth-order valence-electron chi connectivity index (χ4n) is 2.62. The molecule has 0 radical (unpaired) electrons. The van der Waals surface area contributed by atoms with Gasteiger partial charge in [0.2, 0.25) is 0 Å². The SMILES string of the molecule is CC(C)(C)CC(C)(C)Nc1ccc([N+](=O)[O-])c(C#N)c1. The molecule has 1 N–H and O–H groups in total. The van der Waals surface area contributed by atoms with Crippen molar-refractivity contribution in [3.05, 3.63) is 33.9 Å². The van der Waals surface area contributed by atoms with Gasteiger partial charge in [-0.1, -0.05) is 20.8 Å². The van der Waals surface area contributed by atoms with E-state index in [-0.39, 0.29) is 22.2 Å². The summed E-state index contributed by atoms with van der Waals surface area (Å²) >= 11 is 0. The Bertz CT molecular complexity index is 551. The maximum atomic E-state index is 10.8. The van der Waals surface area contributed by atoms with E-state index in [9.17, 15) is 10.1 Å². The number of benzene rings is 1. The van der Waals surface area contributed by atoms with Crippen LogP contribution in [-0.4, -0.2) is 10.5 Å². The van der Waals surface area contributed by atoms with Crippen LogP contribution in [-0.2, 0) is 0 Å². The molecular formula is C15H21N3O2. The molecular weight excluding hydrogens is 254 g/mol. The molecule has 5 nitrogen and oxygen atoms in total. The van der Waals surface area contributed by atoms with Gasteiger partial charge in [0, 0.05) is 17.3 Å². The maximum absolute atomic E-state index is 10.8. The molecule has 0 unspecified atom stereocenters. The zero-order chi connectivity index (χ0) is 15.6. The first-order valence-electron chi connectivity index (χ1n) is 6.51. The lowest BCUT2D eigenvalue weighted by Crippen LogP contribution is -2.35. The summed E-state index contributed by atoms with van der Waals surface area (Å²) in [7, 11) is 0. The van der Waals surface area contributed by atoms with Crippen LogP contribution in [0, 0.1) is 26.9 Å². The van der Waals surface area contributed by atoms with E-state index in [0.717, 1.165) is 12.1 Å². The summed E-state index contributed by atoms with van der Waals surface area (Å²) in [4.78, 5) is 10.3. The van der Waals surface area contributed by atoms with Crippen molar-refractivity contribution in [3.8, 4) is 6.07 Å². The molecule has 0 aliphatic rings. The van der Waals surface area contributed by atoms with Crippen LogP contribution in [0.25, 0.3) is 0 Å². The van der Waals surface area contributed by atoms with E-state index < -0.39 is 4.92 Å². The first-order valence-corrected chi connectivity index (χ1v) is 6.51. The van der Waals surface area contributed by atoms with Gasteiger partial charge in [0.15, 0.2) is 0 Å². The monoisotopic (exact) mass is 275 g/mol. The number of rotatable bonds is 4. The largest absolute Gasteiger partial charge is 0.380 e. The third kappa shape index (κ3) is 4.54. The van der Waals surface area contributed by atoms with Gasteiger partial charge in [-0.2, -0.15) is 5.26 Å². The van der Waals surface area contributed by atoms with Gasteiger partial charge < -0.3 is 5.32 Å². The minimum absolute atomic E-state index is 0.0755. The fourth-order valence-corrected chi connectivity index (χ4v) is 2.62. The van der Waals surface area contributed by atoms with Crippen LogP contribution in [0.5, 0.6) is 0 Å². The topological polar surface area (TPSA) is 79.0 Å². The zero-order valence-electron chi connectivity index (χ0n) is 12.7. The molecule has 0 aromatic heterocycles. The molecule has 1 aromatic carbocycles. The van der Waals surface area contributed by atoms with Crippen molar-refractivity contribution in [2.45, 2.75) is 46.6 Å². The van der Waals surface area contributed by atoms with Crippen molar-refractivity contribution in [2.75, 3.05) is 5.32 Å². The molecule has 108 valence electrons. The minimum atomic E-state index is -0.539. The highest BCUT2D eigenvalue weighted by atomic mass is 16.6. The van der Waals surface area contributed by atoms with Gasteiger partial charge in [0.1, 0.15) is 11.6 Å². The molecule has 0 spiro atoms. The number of nitriles is 1. The van der Waals surface area contributed by atoms with Crippen molar-refractivity contribution in [3.63, 3.8) is 0 Å². The molecule has 0 fully saturated rings. The number of nitro groups is 1. The third-order valence-electron chi connectivity index (χ3n) is 2.77. The second-order valence-electron chi connectivity index (χ2n) is 6.85. The van der Waals surface area contributed by atoms with Crippen LogP contribution >= 0.6 is 0 Å². The Kier molecular flexibility index (Phi) is 4.39. The Hall–Kier alpha value is -2.09. The lowest BCUT2D eigenvalue weighted by atomic mass is 9.81. The van der Waals surface area contributed by atoms with Crippen molar-refractivity contribution >= 4 is 11.4 Å². The highest BCUT2D eigenvalue weighted by molar-refractivity contribution is 5.59. The Morgan fingerprint density at radius 1 is 1.30 bits per heavy atom.